The summed E-state index contributed by atoms with van der Waals surface area (Å²) in [5, 5.41) is 17.0. The number of hydroxylamine groups is 4. The van der Waals surface area contributed by atoms with Crippen molar-refractivity contribution in [2.24, 2.45) is 11.8 Å². The van der Waals surface area contributed by atoms with Crippen LogP contribution in [0.1, 0.15) is 71.8 Å². The molecule has 3 N–H and O–H groups in total. The van der Waals surface area contributed by atoms with Gasteiger partial charge in [-0.15, -0.1) is 0 Å². The standard InChI is InChI=1S/C20H27N3O4.C13H21N3O4/c1-3-14(2)18(24)11-21-19(25)17-10-9-16-12-22(17)20(26)23(16)27-13-15-7-5-4-6-8-15;1-3-8(2)11(17)6-14-12(18)10-5-4-9-7-15(10)13(19)16(9)20/h4-8,14,16-17H,3,9-13H2,1-2H3,(H,21,25);8-10,20H,3-7H2,1-2H3,(H,14,18)/t14?,16-,17+;8?,9-,10+/m11/s1. The maximum absolute atomic E-state index is 12.7. The zero-order chi connectivity index (χ0) is 34.2. The second-order valence-electron chi connectivity index (χ2n) is 12.8. The average molecular weight is 657 g/mol. The molecule has 47 heavy (non-hydrogen) atoms. The molecule has 258 valence electrons. The Balaban J connectivity index is 0.000000223. The van der Waals surface area contributed by atoms with Crippen LogP contribution in [0.15, 0.2) is 30.3 Å². The first-order valence-electron chi connectivity index (χ1n) is 16.6. The van der Waals surface area contributed by atoms with Crippen molar-refractivity contribution in [1.82, 2.24) is 30.6 Å². The van der Waals surface area contributed by atoms with E-state index in [0.29, 0.717) is 50.4 Å². The summed E-state index contributed by atoms with van der Waals surface area (Å²) in [6.07, 6.45) is 3.87. The molecule has 0 radical (unpaired) electrons. The number of ketones is 2. The van der Waals surface area contributed by atoms with E-state index in [1.165, 1.54) is 9.96 Å². The fourth-order valence-corrected chi connectivity index (χ4v) is 6.10. The lowest BCUT2D eigenvalue weighted by Crippen LogP contribution is -2.50. The summed E-state index contributed by atoms with van der Waals surface area (Å²) in [5.41, 5.74) is 0.986. The molecular weight excluding hydrogens is 608 g/mol. The van der Waals surface area contributed by atoms with Crippen molar-refractivity contribution >= 4 is 35.4 Å². The van der Waals surface area contributed by atoms with Gasteiger partial charge in [0, 0.05) is 24.9 Å². The molecule has 1 aromatic rings. The molecule has 4 saturated heterocycles. The van der Waals surface area contributed by atoms with E-state index in [1.54, 1.807) is 4.90 Å². The molecule has 4 fully saturated rings. The Kier molecular flexibility index (Phi) is 12.3. The minimum Gasteiger partial charge on any atom is -0.347 e. The molecule has 1 aromatic carbocycles. The highest BCUT2D eigenvalue weighted by molar-refractivity contribution is 5.93. The molecule has 0 saturated carbocycles. The third kappa shape index (κ3) is 8.47. The number of fused-ring (bicyclic) bond motifs is 4. The molecule has 0 aliphatic carbocycles. The fourth-order valence-electron chi connectivity index (χ4n) is 6.10. The first-order chi connectivity index (χ1) is 22.5. The summed E-state index contributed by atoms with van der Waals surface area (Å²) in [7, 11) is 0. The molecule has 2 unspecified atom stereocenters. The minimum absolute atomic E-state index is 0.00135. The molecule has 4 bridgehead atoms. The summed E-state index contributed by atoms with van der Waals surface area (Å²) in [4.78, 5) is 81.4. The second-order valence-corrected chi connectivity index (χ2v) is 12.8. The van der Waals surface area contributed by atoms with Crippen LogP contribution in [0.5, 0.6) is 0 Å². The SMILES string of the molecule is CCC(C)C(=O)CNC(=O)[C@@H]1CC[C@@H]2CN1C(=O)N2O.CCC(C)C(=O)CNC(=O)[C@@H]1CC[C@@H]2CN1C(=O)N2OCc1ccccc1. The van der Waals surface area contributed by atoms with Gasteiger partial charge in [0.05, 0.1) is 25.2 Å². The molecule has 0 spiro atoms. The number of piperidine rings is 2. The van der Waals surface area contributed by atoms with E-state index in [0.717, 1.165) is 18.4 Å². The van der Waals surface area contributed by atoms with Crippen molar-refractivity contribution in [2.45, 2.75) is 97.0 Å². The Morgan fingerprint density at radius 2 is 1.28 bits per heavy atom. The third-order valence-corrected chi connectivity index (χ3v) is 9.68. The molecule has 4 aliphatic heterocycles. The van der Waals surface area contributed by atoms with Crippen LogP contribution in [0.25, 0.3) is 0 Å². The summed E-state index contributed by atoms with van der Waals surface area (Å²) >= 11 is 0. The van der Waals surface area contributed by atoms with E-state index in [-0.39, 0.29) is 66.4 Å². The number of amides is 6. The molecule has 6 atom stereocenters. The molecule has 4 aliphatic rings. The highest BCUT2D eigenvalue weighted by Crippen LogP contribution is 2.31. The lowest BCUT2D eigenvalue weighted by molar-refractivity contribution is -0.140. The Labute approximate surface area is 275 Å². The van der Waals surface area contributed by atoms with Gasteiger partial charge in [-0.1, -0.05) is 58.0 Å². The van der Waals surface area contributed by atoms with E-state index in [9.17, 15) is 34.0 Å². The molecule has 0 aromatic heterocycles. The van der Waals surface area contributed by atoms with Crippen molar-refractivity contribution in [3.8, 4) is 0 Å². The average Bonchev–Trinajstić information content (AvgIpc) is 3.46. The Hall–Kier alpha value is -4.04. The van der Waals surface area contributed by atoms with Crippen LogP contribution in [0.4, 0.5) is 9.59 Å². The lowest BCUT2D eigenvalue weighted by atomic mass is 9.99. The minimum atomic E-state index is -0.583. The molecule has 14 nitrogen and oxygen atoms in total. The van der Waals surface area contributed by atoms with Crippen molar-refractivity contribution < 1.29 is 38.8 Å². The van der Waals surface area contributed by atoms with Gasteiger partial charge < -0.3 is 20.4 Å². The van der Waals surface area contributed by atoms with Gasteiger partial charge in [0.15, 0.2) is 11.6 Å². The largest absolute Gasteiger partial charge is 0.347 e. The molecule has 14 heteroatoms. The van der Waals surface area contributed by atoms with Gasteiger partial charge in [0.25, 0.3) is 0 Å². The van der Waals surface area contributed by atoms with Crippen molar-refractivity contribution in [2.75, 3.05) is 26.2 Å². The number of urea groups is 2. The Morgan fingerprint density at radius 1 is 0.787 bits per heavy atom. The second kappa shape index (κ2) is 16.2. The number of carbonyl (C=O) groups excluding carboxylic acids is 6. The van der Waals surface area contributed by atoms with Gasteiger partial charge in [-0.05, 0) is 44.1 Å². The van der Waals surface area contributed by atoms with Gasteiger partial charge in [0.1, 0.15) is 18.7 Å². The predicted molar refractivity (Wildman–Crippen MR) is 169 cm³/mol. The number of carbonyl (C=O) groups is 6. The fraction of sp³-hybridized carbons (Fsp3) is 0.636. The van der Waals surface area contributed by atoms with Crippen LogP contribution >= 0.6 is 0 Å². The van der Waals surface area contributed by atoms with E-state index in [4.69, 9.17) is 4.84 Å². The number of hydrogen-bond acceptors (Lipinski definition) is 8. The lowest BCUT2D eigenvalue weighted by Gasteiger charge is -2.29. The van der Waals surface area contributed by atoms with Gasteiger partial charge >= 0.3 is 12.1 Å². The van der Waals surface area contributed by atoms with Crippen molar-refractivity contribution in [1.29, 1.82) is 0 Å². The van der Waals surface area contributed by atoms with Crippen LogP contribution in [0.2, 0.25) is 0 Å². The maximum atomic E-state index is 12.7. The summed E-state index contributed by atoms with van der Waals surface area (Å²) in [6.45, 7) is 8.72. The quantitative estimate of drug-likeness (QED) is 0.272. The smallest absolute Gasteiger partial charge is 0.345 e. The van der Waals surface area contributed by atoms with Crippen LogP contribution < -0.4 is 10.6 Å². The monoisotopic (exact) mass is 656 g/mol. The number of nitrogens with one attached hydrogen (secondary N) is 2. The topological polar surface area (TPSA) is 169 Å². The highest BCUT2D eigenvalue weighted by Gasteiger charge is 2.48. The van der Waals surface area contributed by atoms with Gasteiger partial charge in [-0.3, -0.25) is 29.2 Å². The van der Waals surface area contributed by atoms with Crippen molar-refractivity contribution in [3.05, 3.63) is 35.9 Å². The summed E-state index contributed by atoms with van der Waals surface area (Å²) in [5.74, 6) is -0.720. The molecule has 4 heterocycles. The first kappa shape index (κ1) is 35.8. The van der Waals surface area contributed by atoms with E-state index in [2.05, 4.69) is 10.6 Å². The molecule has 5 rings (SSSR count). The van der Waals surface area contributed by atoms with E-state index < -0.39 is 18.1 Å². The van der Waals surface area contributed by atoms with Crippen molar-refractivity contribution in [3.63, 3.8) is 0 Å². The van der Waals surface area contributed by atoms with Crippen LogP contribution in [-0.2, 0) is 30.6 Å². The van der Waals surface area contributed by atoms with Crippen LogP contribution in [0.3, 0.4) is 0 Å². The summed E-state index contributed by atoms with van der Waals surface area (Å²) in [6, 6.07) is 7.49. The normalized spacial score (nSPS) is 24.4. The Bertz CT molecular complexity index is 1310. The first-order valence-corrected chi connectivity index (χ1v) is 16.6. The molecule has 6 amide bonds. The third-order valence-electron chi connectivity index (χ3n) is 9.68. The van der Waals surface area contributed by atoms with Gasteiger partial charge in [0.2, 0.25) is 11.8 Å². The zero-order valence-electron chi connectivity index (χ0n) is 27.7. The number of nitrogens with zero attached hydrogens (tertiary/aromatic N) is 4. The molecular formula is C33H48N6O8. The van der Waals surface area contributed by atoms with Crippen LogP contribution in [-0.4, -0.2) is 111 Å². The van der Waals surface area contributed by atoms with E-state index in [1.807, 2.05) is 58.0 Å². The number of hydrogen-bond donors (Lipinski definition) is 3. The number of rotatable bonds is 13. The highest BCUT2D eigenvalue weighted by atomic mass is 16.7. The van der Waals surface area contributed by atoms with Crippen LogP contribution in [0, 0.1) is 11.8 Å². The van der Waals surface area contributed by atoms with E-state index >= 15 is 0 Å². The zero-order valence-corrected chi connectivity index (χ0v) is 27.7. The maximum Gasteiger partial charge on any atom is 0.345 e. The number of benzene rings is 1. The summed E-state index contributed by atoms with van der Waals surface area (Å²) < 4.78 is 0. The predicted octanol–water partition coefficient (Wildman–Crippen LogP) is 2.49. The number of Topliss-reactive ketones (excluding diaryl/α,β-unsaturated/α-hetero) is 2. The van der Waals surface area contributed by atoms with Gasteiger partial charge in [-0.25, -0.2) is 14.7 Å². The van der Waals surface area contributed by atoms with Gasteiger partial charge in [-0.2, -0.15) is 5.06 Å². The Morgan fingerprint density at radius 3 is 1.81 bits per heavy atom.